The Labute approximate surface area is 107 Å². The van der Waals surface area contributed by atoms with Gasteiger partial charge < -0.3 is 26.6 Å². The van der Waals surface area contributed by atoms with Crippen LogP contribution in [0, 0.1) is 0 Å². The van der Waals surface area contributed by atoms with Crippen LogP contribution < -0.4 is 16.8 Å². The van der Waals surface area contributed by atoms with Gasteiger partial charge in [-0.15, -0.1) is 0 Å². The number of alkyl carbamates (subject to hydrolysis) is 1. The van der Waals surface area contributed by atoms with Crippen LogP contribution in [0.1, 0.15) is 33.6 Å². The molecule has 0 bridgehead atoms. The summed E-state index contributed by atoms with van der Waals surface area (Å²) < 4.78 is 5.08. The van der Waals surface area contributed by atoms with Crippen LogP contribution in [0.4, 0.5) is 4.79 Å². The maximum absolute atomic E-state index is 11.5. The maximum Gasteiger partial charge on any atom is 0.407 e. The van der Waals surface area contributed by atoms with Gasteiger partial charge in [-0.2, -0.15) is 0 Å². The first-order chi connectivity index (χ1) is 8.15. The third-order valence-electron chi connectivity index (χ3n) is 2.09. The van der Waals surface area contributed by atoms with Gasteiger partial charge in [-0.3, -0.25) is 4.79 Å². The molecule has 0 radical (unpaired) electrons. The van der Waals surface area contributed by atoms with Crippen LogP contribution in [-0.4, -0.2) is 41.4 Å². The molecular weight excluding hydrogens is 238 g/mol. The van der Waals surface area contributed by atoms with Crippen molar-refractivity contribution in [3.05, 3.63) is 0 Å². The standard InChI is InChI=1S/C11H23N3O4/c1-11(2,3)18-10(17)14-7(4-5-12)6-8(13)9(15)16/h7-8H,4-6,12-13H2,1-3H3,(H,14,17)(H,15,16)/t7?,8-/m0/s1. The lowest BCUT2D eigenvalue weighted by Gasteiger charge is -2.24. The number of aliphatic carboxylic acids is 1. The Morgan fingerprint density at radius 3 is 2.33 bits per heavy atom. The Bertz CT molecular complexity index is 289. The molecule has 0 heterocycles. The minimum Gasteiger partial charge on any atom is -0.480 e. The van der Waals surface area contributed by atoms with Crippen molar-refractivity contribution < 1.29 is 19.4 Å². The highest BCUT2D eigenvalue weighted by molar-refractivity contribution is 5.73. The van der Waals surface area contributed by atoms with E-state index >= 15 is 0 Å². The van der Waals surface area contributed by atoms with Crippen LogP contribution in [0.3, 0.4) is 0 Å². The van der Waals surface area contributed by atoms with Crippen molar-refractivity contribution in [2.45, 2.75) is 51.3 Å². The highest BCUT2D eigenvalue weighted by Crippen LogP contribution is 2.08. The molecular formula is C11H23N3O4. The SMILES string of the molecule is CC(C)(C)OC(=O)NC(CCN)C[C@H](N)C(=O)O. The van der Waals surface area contributed by atoms with E-state index in [1.165, 1.54) is 0 Å². The average Bonchev–Trinajstić information content (AvgIpc) is 2.14. The predicted octanol–water partition coefficient (Wildman–Crippen LogP) is 0.0305. The number of ether oxygens (including phenoxy) is 1. The van der Waals surface area contributed by atoms with Gasteiger partial charge in [-0.25, -0.2) is 4.79 Å². The van der Waals surface area contributed by atoms with E-state index in [4.69, 9.17) is 21.3 Å². The highest BCUT2D eigenvalue weighted by Gasteiger charge is 2.22. The minimum absolute atomic E-state index is 0.117. The highest BCUT2D eigenvalue weighted by atomic mass is 16.6. The fraction of sp³-hybridized carbons (Fsp3) is 0.818. The molecule has 1 amide bonds. The fourth-order valence-electron chi connectivity index (χ4n) is 1.33. The number of carboxylic acids is 1. The Kier molecular flexibility index (Phi) is 6.64. The summed E-state index contributed by atoms with van der Waals surface area (Å²) in [4.78, 5) is 22.2. The van der Waals surface area contributed by atoms with E-state index in [0.29, 0.717) is 13.0 Å². The van der Waals surface area contributed by atoms with Crippen molar-refractivity contribution >= 4 is 12.1 Å². The lowest BCUT2D eigenvalue weighted by molar-refractivity contribution is -0.138. The molecule has 2 atom stereocenters. The van der Waals surface area contributed by atoms with E-state index in [-0.39, 0.29) is 6.42 Å². The Hall–Kier alpha value is -1.34. The second-order valence-corrected chi connectivity index (χ2v) is 5.10. The molecule has 7 heteroatoms. The summed E-state index contributed by atoms with van der Waals surface area (Å²) in [5.74, 6) is -1.11. The number of carbonyl (C=O) groups excluding carboxylic acids is 1. The number of nitrogens with one attached hydrogen (secondary N) is 1. The molecule has 0 aliphatic carbocycles. The Morgan fingerprint density at radius 1 is 1.39 bits per heavy atom. The van der Waals surface area contributed by atoms with Crippen molar-refractivity contribution in [1.29, 1.82) is 0 Å². The smallest absolute Gasteiger partial charge is 0.407 e. The second-order valence-electron chi connectivity index (χ2n) is 5.10. The van der Waals surface area contributed by atoms with Crippen LogP contribution in [0.5, 0.6) is 0 Å². The van der Waals surface area contributed by atoms with Gasteiger partial charge in [0.25, 0.3) is 0 Å². The molecule has 0 aliphatic rings. The van der Waals surface area contributed by atoms with E-state index in [9.17, 15) is 9.59 Å². The summed E-state index contributed by atoms with van der Waals surface area (Å²) in [6, 6.07) is -1.44. The number of amides is 1. The molecule has 6 N–H and O–H groups in total. The molecule has 0 saturated carbocycles. The van der Waals surface area contributed by atoms with Gasteiger partial charge in [0, 0.05) is 6.04 Å². The Morgan fingerprint density at radius 2 is 1.94 bits per heavy atom. The lowest BCUT2D eigenvalue weighted by atomic mass is 10.1. The quantitative estimate of drug-likeness (QED) is 0.534. The molecule has 0 spiro atoms. The number of rotatable bonds is 6. The summed E-state index contributed by atoms with van der Waals surface area (Å²) in [6.07, 6.45) is -0.0371. The molecule has 0 aromatic carbocycles. The molecule has 0 rings (SSSR count). The van der Waals surface area contributed by atoms with Crippen LogP contribution >= 0.6 is 0 Å². The van der Waals surface area contributed by atoms with Gasteiger partial charge in [0.05, 0.1) is 0 Å². The van der Waals surface area contributed by atoms with Crippen molar-refractivity contribution in [2.24, 2.45) is 11.5 Å². The van der Waals surface area contributed by atoms with E-state index in [0.717, 1.165) is 0 Å². The van der Waals surface area contributed by atoms with Crippen LogP contribution in [0.15, 0.2) is 0 Å². The van der Waals surface area contributed by atoms with Gasteiger partial charge in [-0.1, -0.05) is 0 Å². The van der Waals surface area contributed by atoms with Gasteiger partial charge in [0.1, 0.15) is 11.6 Å². The van der Waals surface area contributed by atoms with Crippen LogP contribution in [-0.2, 0) is 9.53 Å². The van der Waals surface area contributed by atoms with Gasteiger partial charge >= 0.3 is 12.1 Å². The molecule has 0 aromatic heterocycles. The molecule has 0 aromatic rings. The number of hydrogen-bond acceptors (Lipinski definition) is 5. The van der Waals surface area contributed by atoms with Gasteiger partial charge in [0.2, 0.25) is 0 Å². The summed E-state index contributed by atoms with van der Waals surface area (Å²) in [5.41, 5.74) is 10.2. The normalized spacial score (nSPS) is 14.7. The monoisotopic (exact) mass is 261 g/mol. The molecule has 0 saturated heterocycles. The number of hydrogen-bond donors (Lipinski definition) is 4. The number of carboxylic acid groups (broad SMARTS) is 1. The van der Waals surface area contributed by atoms with E-state index < -0.39 is 29.7 Å². The molecule has 1 unspecified atom stereocenters. The van der Waals surface area contributed by atoms with Crippen LogP contribution in [0.2, 0.25) is 0 Å². The van der Waals surface area contributed by atoms with Crippen molar-refractivity contribution in [2.75, 3.05) is 6.54 Å². The zero-order valence-corrected chi connectivity index (χ0v) is 11.1. The third kappa shape index (κ3) is 7.86. The zero-order valence-electron chi connectivity index (χ0n) is 11.1. The number of carbonyl (C=O) groups is 2. The topological polar surface area (TPSA) is 128 Å². The zero-order chi connectivity index (χ0) is 14.3. The first-order valence-electron chi connectivity index (χ1n) is 5.83. The fourth-order valence-corrected chi connectivity index (χ4v) is 1.33. The third-order valence-corrected chi connectivity index (χ3v) is 2.09. The summed E-state index contributed by atoms with van der Waals surface area (Å²) in [5, 5.41) is 11.3. The van der Waals surface area contributed by atoms with E-state index in [1.807, 2.05) is 0 Å². The minimum atomic E-state index is -1.11. The molecule has 7 nitrogen and oxygen atoms in total. The molecule has 0 fully saturated rings. The lowest BCUT2D eigenvalue weighted by Crippen LogP contribution is -2.44. The van der Waals surface area contributed by atoms with E-state index in [1.54, 1.807) is 20.8 Å². The largest absolute Gasteiger partial charge is 0.480 e. The maximum atomic E-state index is 11.5. The van der Waals surface area contributed by atoms with Gasteiger partial charge in [0.15, 0.2) is 0 Å². The van der Waals surface area contributed by atoms with E-state index in [2.05, 4.69) is 5.32 Å². The van der Waals surface area contributed by atoms with Crippen molar-refractivity contribution in [3.8, 4) is 0 Å². The summed E-state index contributed by atoms with van der Waals surface area (Å²) in [6.45, 7) is 5.56. The second kappa shape index (κ2) is 7.17. The van der Waals surface area contributed by atoms with Gasteiger partial charge in [-0.05, 0) is 40.2 Å². The summed E-state index contributed by atoms with van der Waals surface area (Å²) in [7, 11) is 0. The van der Waals surface area contributed by atoms with Crippen molar-refractivity contribution in [1.82, 2.24) is 5.32 Å². The molecule has 18 heavy (non-hydrogen) atoms. The Balaban J connectivity index is 4.35. The first-order valence-corrected chi connectivity index (χ1v) is 5.83. The summed E-state index contributed by atoms with van der Waals surface area (Å²) >= 11 is 0. The average molecular weight is 261 g/mol. The van der Waals surface area contributed by atoms with Crippen molar-refractivity contribution in [3.63, 3.8) is 0 Å². The predicted molar refractivity (Wildman–Crippen MR) is 67.1 cm³/mol. The number of nitrogens with two attached hydrogens (primary N) is 2. The van der Waals surface area contributed by atoms with Crippen LogP contribution in [0.25, 0.3) is 0 Å². The molecule has 106 valence electrons. The first kappa shape index (κ1) is 16.7. The molecule has 0 aliphatic heterocycles.